The Morgan fingerprint density at radius 2 is 2.35 bits per heavy atom. The molecule has 116 valence electrons. The lowest BCUT2D eigenvalue weighted by molar-refractivity contribution is 0.0893. The van der Waals surface area contributed by atoms with E-state index in [1.807, 2.05) is 0 Å². The second-order valence-electron chi connectivity index (χ2n) is 6.09. The molecule has 0 aromatic heterocycles. The van der Waals surface area contributed by atoms with Crippen molar-refractivity contribution in [2.75, 3.05) is 46.1 Å². The van der Waals surface area contributed by atoms with E-state index in [9.17, 15) is 0 Å². The Morgan fingerprint density at radius 1 is 1.45 bits per heavy atom. The molecule has 2 aliphatic rings. The predicted octanol–water partition coefficient (Wildman–Crippen LogP) is 1.48. The number of hydrogen-bond acceptors (Lipinski definition) is 3. The Balaban J connectivity index is 1.53. The lowest BCUT2D eigenvalue weighted by atomic mass is 10.0. The second kappa shape index (κ2) is 8.47. The SMILES string of the molecule is CC1CCCN(C(N)=NCCCOCC2CCOC2)C1. The molecule has 2 heterocycles. The van der Waals surface area contributed by atoms with Crippen LogP contribution < -0.4 is 5.73 Å². The summed E-state index contributed by atoms with van der Waals surface area (Å²) in [4.78, 5) is 6.68. The quantitative estimate of drug-likeness (QED) is 0.456. The monoisotopic (exact) mass is 283 g/mol. The summed E-state index contributed by atoms with van der Waals surface area (Å²) in [5, 5.41) is 0. The smallest absolute Gasteiger partial charge is 0.191 e. The highest BCUT2D eigenvalue weighted by molar-refractivity contribution is 5.78. The van der Waals surface area contributed by atoms with Gasteiger partial charge >= 0.3 is 0 Å². The van der Waals surface area contributed by atoms with Crippen LogP contribution >= 0.6 is 0 Å². The van der Waals surface area contributed by atoms with Crippen LogP contribution in [0.2, 0.25) is 0 Å². The summed E-state index contributed by atoms with van der Waals surface area (Å²) in [6.45, 7) is 8.48. The van der Waals surface area contributed by atoms with Gasteiger partial charge in [0.15, 0.2) is 5.96 Å². The van der Waals surface area contributed by atoms with Crippen molar-refractivity contribution in [2.24, 2.45) is 22.6 Å². The number of likely N-dealkylation sites (tertiary alicyclic amines) is 1. The molecule has 0 aromatic carbocycles. The number of nitrogens with zero attached hydrogens (tertiary/aromatic N) is 2. The van der Waals surface area contributed by atoms with Crippen LogP contribution in [0.5, 0.6) is 0 Å². The molecule has 2 N–H and O–H groups in total. The molecule has 0 aromatic rings. The van der Waals surface area contributed by atoms with Crippen LogP contribution in [-0.4, -0.2) is 56.9 Å². The third-order valence-electron chi connectivity index (χ3n) is 4.08. The summed E-state index contributed by atoms with van der Waals surface area (Å²) in [7, 11) is 0. The molecule has 0 aliphatic carbocycles. The second-order valence-corrected chi connectivity index (χ2v) is 6.09. The molecule has 2 unspecified atom stereocenters. The van der Waals surface area contributed by atoms with Crippen molar-refractivity contribution < 1.29 is 9.47 Å². The first-order chi connectivity index (χ1) is 9.75. The van der Waals surface area contributed by atoms with Gasteiger partial charge in [-0.25, -0.2) is 0 Å². The van der Waals surface area contributed by atoms with Gasteiger partial charge in [0.1, 0.15) is 0 Å². The van der Waals surface area contributed by atoms with Crippen LogP contribution in [-0.2, 0) is 9.47 Å². The zero-order valence-corrected chi connectivity index (χ0v) is 12.7. The van der Waals surface area contributed by atoms with E-state index in [4.69, 9.17) is 15.2 Å². The molecule has 0 saturated carbocycles. The van der Waals surface area contributed by atoms with Crippen molar-refractivity contribution in [1.29, 1.82) is 0 Å². The van der Waals surface area contributed by atoms with Gasteiger partial charge in [-0.15, -0.1) is 0 Å². The minimum atomic E-state index is 0.596. The number of piperidine rings is 1. The molecule has 0 amide bonds. The highest BCUT2D eigenvalue weighted by atomic mass is 16.5. The first-order valence-electron chi connectivity index (χ1n) is 7.96. The predicted molar refractivity (Wildman–Crippen MR) is 80.8 cm³/mol. The summed E-state index contributed by atoms with van der Waals surface area (Å²) in [5.74, 6) is 2.04. The average molecular weight is 283 g/mol. The fourth-order valence-corrected chi connectivity index (χ4v) is 2.82. The van der Waals surface area contributed by atoms with Crippen LogP contribution in [0.4, 0.5) is 0 Å². The van der Waals surface area contributed by atoms with E-state index in [0.717, 1.165) is 64.8 Å². The van der Waals surface area contributed by atoms with Crippen molar-refractivity contribution in [1.82, 2.24) is 4.90 Å². The fourth-order valence-electron chi connectivity index (χ4n) is 2.82. The van der Waals surface area contributed by atoms with Gasteiger partial charge in [0, 0.05) is 38.8 Å². The first-order valence-corrected chi connectivity index (χ1v) is 7.96. The van der Waals surface area contributed by atoms with Crippen molar-refractivity contribution >= 4 is 5.96 Å². The number of hydrogen-bond donors (Lipinski definition) is 1. The zero-order valence-electron chi connectivity index (χ0n) is 12.7. The van der Waals surface area contributed by atoms with Crippen LogP contribution in [0.1, 0.15) is 32.6 Å². The lowest BCUT2D eigenvalue weighted by Gasteiger charge is -2.31. The molecular formula is C15H29N3O2. The summed E-state index contributed by atoms with van der Waals surface area (Å²) >= 11 is 0. The van der Waals surface area contributed by atoms with Gasteiger partial charge in [-0.05, 0) is 31.6 Å². The van der Waals surface area contributed by atoms with Gasteiger partial charge in [0.2, 0.25) is 0 Å². The average Bonchev–Trinajstić information content (AvgIpc) is 2.95. The van der Waals surface area contributed by atoms with E-state index in [-0.39, 0.29) is 0 Å². The lowest BCUT2D eigenvalue weighted by Crippen LogP contribution is -2.43. The van der Waals surface area contributed by atoms with Crippen molar-refractivity contribution in [3.8, 4) is 0 Å². The zero-order chi connectivity index (χ0) is 14.2. The third-order valence-corrected chi connectivity index (χ3v) is 4.08. The normalized spacial score (nSPS) is 28.1. The van der Waals surface area contributed by atoms with Crippen molar-refractivity contribution in [3.63, 3.8) is 0 Å². The Hall–Kier alpha value is -0.810. The van der Waals surface area contributed by atoms with Gasteiger partial charge in [-0.1, -0.05) is 6.92 Å². The standard InChI is InChI=1S/C15H29N3O2/c1-13-4-2-7-18(10-13)15(16)17-6-3-8-19-11-14-5-9-20-12-14/h13-14H,2-12H2,1H3,(H2,16,17). The fraction of sp³-hybridized carbons (Fsp3) is 0.933. The number of nitrogens with two attached hydrogens (primary N) is 1. The number of ether oxygens (including phenoxy) is 2. The maximum Gasteiger partial charge on any atom is 0.191 e. The van der Waals surface area contributed by atoms with E-state index in [1.165, 1.54) is 12.8 Å². The molecule has 2 fully saturated rings. The minimum Gasteiger partial charge on any atom is -0.381 e. The molecule has 0 bridgehead atoms. The summed E-state index contributed by atoms with van der Waals surface area (Å²) in [6.07, 6.45) is 4.61. The number of guanidine groups is 1. The third kappa shape index (κ3) is 5.29. The topological polar surface area (TPSA) is 60.1 Å². The highest BCUT2D eigenvalue weighted by Gasteiger charge is 2.17. The Kier molecular flexibility index (Phi) is 6.60. The summed E-state index contributed by atoms with van der Waals surface area (Å²) in [6, 6.07) is 0. The molecular weight excluding hydrogens is 254 g/mol. The minimum absolute atomic E-state index is 0.596. The molecule has 5 heteroatoms. The maximum absolute atomic E-state index is 6.04. The van der Waals surface area contributed by atoms with Gasteiger partial charge in [0.05, 0.1) is 13.2 Å². The van der Waals surface area contributed by atoms with E-state index in [1.54, 1.807) is 0 Å². The molecule has 0 radical (unpaired) electrons. The molecule has 5 nitrogen and oxygen atoms in total. The number of rotatable bonds is 6. The molecule has 2 rings (SSSR count). The van der Waals surface area contributed by atoms with Crippen LogP contribution in [0.3, 0.4) is 0 Å². The van der Waals surface area contributed by atoms with E-state index >= 15 is 0 Å². The Bertz CT molecular complexity index is 303. The Labute approximate surface area is 122 Å². The van der Waals surface area contributed by atoms with Crippen molar-refractivity contribution in [3.05, 3.63) is 0 Å². The van der Waals surface area contributed by atoms with Crippen LogP contribution in [0, 0.1) is 11.8 Å². The molecule has 20 heavy (non-hydrogen) atoms. The summed E-state index contributed by atoms with van der Waals surface area (Å²) in [5.41, 5.74) is 6.04. The van der Waals surface area contributed by atoms with E-state index < -0.39 is 0 Å². The molecule has 0 spiro atoms. The van der Waals surface area contributed by atoms with Gasteiger partial charge in [-0.3, -0.25) is 4.99 Å². The first kappa shape index (κ1) is 15.6. The van der Waals surface area contributed by atoms with Gasteiger partial charge in [0.25, 0.3) is 0 Å². The molecule has 2 aliphatic heterocycles. The molecule has 2 atom stereocenters. The molecule has 2 saturated heterocycles. The maximum atomic E-state index is 6.04. The van der Waals surface area contributed by atoms with E-state index in [0.29, 0.717) is 11.9 Å². The highest BCUT2D eigenvalue weighted by Crippen LogP contribution is 2.15. The van der Waals surface area contributed by atoms with E-state index in [2.05, 4.69) is 16.8 Å². The largest absolute Gasteiger partial charge is 0.381 e. The number of aliphatic imine (C=N–C) groups is 1. The van der Waals surface area contributed by atoms with Crippen LogP contribution in [0.15, 0.2) is 4.99 Å². The van der Waals surface area contributed by atoms with Gasteiger partial charge < -0.3 is 20.1 Å². The van der Waals surface area contributed by atoms with Gasteiger partial charge in [-0.2, -0.15) is 0 Å². The van der Waals surface area contributed by atoms with Crippen LogP contribution in [0.25, 0.3) is 0 Å². The Morgan fingerprint density at radius 3 is 3.10 bits per heavy atom. The summed E-state index contributed by atoms with van der Waals surface area (Å²) < 4.78 is 11.0. The van der Waals surface area contributed by atoms with Crippen molar-refractivity contribution in [2.45, 2.75) is 32.6 Å².